The molecule has 30 heavy (non-hydrogen) atoms. The molecule has 0 spiro atoms. The van der Waals surface area contributed by atoms with Crippen LogP contribution in [0.5, 0.6) is 0 Å². The van der Waals surface area contributed by atoms with Gasteiger partial charge in [0.05, 0.1) is 4.90 Å². The molecule has 1 heterocycles. The maximum atomic E-state index is 12.7. The largest absolute Gasteiger partial charge is 0.270 e. The van der Waals surface area contributed by atoms with Crippen molar-refractivity contribution in [3.05, 3.63) is 72.1 Å². The van der Waals surface area contributed by atoms with Crippen LogP contribution in [0.3, 0.4) is 0 Å². The molecule has 8 nitrogen and oxygen atoms in total. The number of hydrogen-bond donors (Lipinski definition) is 2. The number of nitrogens with zero attached hydrogens (tertiary/aromatic N) is 3. The van der Waals surface area contributed by atoms with Crippen molar-refractivity contribution in [2.45, 2.75) is 36.4 Å². The van der Waals surface area contributed by atoms with Crippen molar-refractivity contribution in [1.29, 1.82) is 0 Å². The Hall–Kier alpha value is -2.69. The Morgan fingerprint density at radius 3 is 2.43 bits per heavy atom. The predicted octanol–water partition coefficient (Wildman–Crippen LogP) is 2.82. The van der Waals surface area contributed by atoms with Gasteiger partial charge in [-0.2, -0.15) is 0 Å². The number of thioether (sulfide) groups is 1. The summed E-state index contributed by atoms with van der Waals surface area (Å²) in [7, 11) is -3.67. The number of hydrogen-bond acceptors (Lipinski definition) is 6. The maximum absolute atomic E-state index is 12.7. The number of nitrogens with one attached hydrogen (secondary N) is 2. The smallest absolute Gasteiger partial charge is 0.267 e. The van der Waals surface area contributed by atoms with E-state index in [1.165, 1.54) is 22.8 Å². The highest BCUT2D eigenvalue weighted by Crippen LogP contribution is 2.22. The molecule has 0 aliphatic rings. The van der Waals surface area contributed by atoms with E-state index >= 15 is 0 Å². The van der Waals surface area contributed by atoms with Gasteiger partial charge in [0.2, 0.25) is 15.2 Å². The minimum atomic E-state index is -3.67. The van der Waals surface area contributed by atoms with E-state index in [4.69, 9.17) is 0 Å². The van der Waals surface area contributed by atoms with Gasteiger partial charge in [-0.15, -0.1) is 10.2 Å². The second-order valence-electron chi connectivity index (χ2n) is 7.38. The number of sulfonamides is 1. The zero-order chi connectivity index (χ0) is 21.8. The predicted molar refractivity (Wildman–Crippen MR) is 116 cm³/mol. The fourth-order valence-corrected chi connectivity index (χ4v) is 4.98. The molecule has 2 N–H and O–H groups in total. The first-order valence-electron chi connectivity index (χ1n) is 9.16. The van der Waals surface area contributed by atoms with Crippen molar-refractivity contribution < 1.29 is 13.2 Å². The van der Waals surface area contributed by atoms with E-state index < -0.39 is 15.6 Å². The molecule has 0 atom stereocenters. The minimum absolute atomic E-state index is 0.212. The summed E-state index contributed by atoms with van der Waals surface area (Å²) >= 11 is 1.28. The molecular formula is C20H23N5O3S2. The highest BCUT2D eigenvalue weighted by molar-refractivity contribution is 7.99. The summed E-state index contributed by atoms with van der Waals surface area (Å²) in [6.45, 7) is 5.47. The van der Waals surface area contributed by atoms with Crippen LogP contribution < -0.4 is 10.1 Å². The van der Waals surface area contributed by atoms with Crippen molar-refractivity contribution in [1.82, 2.24) is 19.6 Å². The Balaban J connectivity index is 1.64. The maximum Gasteiger partial charge on any atom is 0.270 e. The summed E-state index contributed by atoms with van der Waals surface area (Å²) in [5.74, 6) is 0.0782. The van der Waals surface area contributed by atoms with Crippen LogP contribution in [0.25, 0.3) is 0 Å². The molecule has 0 aliphatic carbocycles. The molecule has 0 aliphatic heterocycles. The third-order valence-corrected chi connectivity index (χ3v) is 7.20. The van der Waals surface area contributed by atoms with Crippen LogP contribution in [0.1, 0.15) is 29.8 Å². The molecule has 3 rings (SSSR count). The second kappa shape index (κ2) is 8.99. The topological polar surface area (TPSA) is 106 Å². The van der Waals surface area contributed by atoms with Crippen LogP contribution in [-0.4, -0.2) is 40.5 Å². The molecule has 0 fully saturated rings. The number of carbonyl (C=O) groups is 1. The standard InChI is InChI=1S/C20H23N5O3S2/c1-15-9-11-17(12-10-15)30(27,28)24-20(2,3)13-29-19-22-21-14-25(19)23-18(26)16-7-5-4-6-8-16/h4-12,14,24H,13H2,1-3H3,(H,23,26). The van der Waals surface area contributed by atoms with Gasteiger partial charge in [0.15, 0.2) is 0 Å². The molecule has 1 amide bonds. The molecule has 10 heteroatoms. The summed E-state index contributed by atoms with van der Waals surface area (Å²) in [5, 5.41) is 8.30. The fraction of sp³-hybridized carbons (Fsp3) is 0.250. The molecule has 1 aromatic heterocycles. The molecule has 2 aromatic carbocycles. The van der Waals surface area contributed by atoms with E-state index in [0.717, 1.165) is 5.56 Å². The first kappa shape index (κ1) is 22.0. The van der Waals surface area contributed by atoms with Crippen molar-refractivity contribution >= 4 is 27.7 Å². The average molecular weight is 446 g/mol. The SMILES string of the molecule is Cc1ccc(S(=O)(=O)NC(C)(C)CSc2nncn2NC(=O)c2ccccc2)cc1. The zero-order valence-electron chi connectivity index (χ0n) is 16.9. The van der Waals surface area contributed by atoms with Crippen molar-refractivity contribution in [2.75, 3.05) is 11.2 Å². The molecule has 3 aromatic rings. The van der Waals surface area contributed by atoms with Crippen LogP contribution in [0, 0.1) is 6.92 Å². The molecule has 0 saturated carbocycles. The lowest BCUT2D eigenvalue weighted by molar-refractivity contribution is 0.101. The fourth-order valence-electron chi connectivity index (χ4n) is 2.58. The van der Waals surface area contributed by atoms with E-state index in [-0.39, 0.29) is 10.8 Å². The average Bonchev–Trinajstić information content (AvgIpc) is 3.14. The van der Waals surface area contributed by atoms with Crippen LogP contribution in [0.15, 0.2) is 71.0 Å². The highest BCUT2D eigenvalue weighted by atomic mass is 32.2. The summed E-state index contributed by atoms with van der Waals surface area (Å²) in [4.78, 5) is 12.6. The summed E-state index contributed by atoms with van der Waals surface area (Å²) in [6, 6.07) is 15.5. The van der Waals surface area contributed by atoms with Gasteiger partial charge in [-0.05, 0) is 45.0 Å². The van der Waals surface area contributed by atoms with Gasteiger partial charge >= 0.3 is 0 Å². The summed E-state index contributed by atoms with van der Waals surface area (Å²) in [5.41, 5.74) is 3.44. The first-order valence-corrected chi connectivity index (χ1v) is 11.6. The lowest BCUT2D eigenvalue weighted by atomic mass is 10.1. The second-order valence-corrected chi connectivity index (χ2v) is 10.0. The van der Waals surface area contributed by atoms with Gasteiger partial charge in [-0.3, -0.25) is 10.2 Å². The third-order valence-electron chi connectivity index (χ3n) is 4.08. The van der Waals surface area contributed by atoms with Crippen LogP contribution >= 0.6 is 11.8 Å². The van der Waals surface area contributed by atoms with Gasteiger partial charge in [-0.1, -0.05) is 47.7 Å². The zero-order valence-corrected chi connectivity index (χ0v) is 18.5. The Bertz CT molecular complexity index is 1110. The summed E-state index contributed by atoms with van der Waals surface area (Å²) < 4.78 is 29.5. The minimum Gasteiger partial charge on any atom is -0.267 e. The normalized spacial score (nSPS) is 12.0. The molecule has 158 valence electrons. The van der Waals surface area contributed by atoms with Gasteiger partial charge < -0.3 is 0 Å². The Morgan fingerprint density at radius 1 is 1.10 bits per heavy atom. The molecular weight excluding hydrogens is 422 g/mol. The summed E-state index contributed by atoms with van der Waals surface area (Å²) in [6.07, 6.45) is 1.40. The van der Waals surface area contributed by atoms with E-state index in [1.54, 1.807) is 62.4 Å². The van der Waals surface area contributed by atoms with Crippen molar-refractivity contribution in [2.24, 2.45) is 0 Å². The van der Waals surface area contributed by atoms with Gasteiger partial charge in [-0.25, -0.2) is 17.8 Å². The number of aryl methyl sites for hydroxylation is 1. The first-order chi connectivity index (χ1) is 14.2. The van der Waals surface area contributed by atoms with Crippen LogP contribution in [0.4, 0.5) is 0 Å². The van der Waals surface area contributed by atoms with E-state index in [2.05, 4.69) is 20.3 Å². The van der Waals surface area contributed by atoms with Gasteiger partial charge in [0.25, 0.3) is 5.91 Å². The number of carbonyl (C=O) groups excluding carboxylic acids is 1. The number of benzene rings is 2. The van der Waals surface area contributed by atoms with E-state index in [0.29, 0.717) is 16.5 Å². The van der Waals surface area contributed by atoms with Gasteiger partial charge in [0.1, 0.15) is 6.33 Å². The van der Waals surface area contributed by atoms with Gasteiger partial charge in [0, 0.05) is 16.9 Å². The monoisotopic (exact) mass is 445 g/mol. The van der Waals surface area contributed by atoms with E-state index in [1.807, 2.05) is 13.0 Å². The quantitative estimate of drug-likeness (QED) is 0.517. The van der Waals surface area contributed by atoms with E-state index in [9.17, 15) is 13.2 Å². The molecule has 0 saturated heterocycles. The molecule has 0 bridgehead atoms. The molecule has 0 radical (unpaired) electrons. The van der Waals surface area contributed by atoms with Crippen LogP contribution in [0.2, 0.25) is 0 Å². The number of rotatable bonds is 8. The Kier molecular flexibility index (Phi) is 6.59. The number of amides is 1. The highest BCUT2D eigenvalue weighted by Gasteiger charge is 2.27. The lowest BCUT2D eigenvalue weighted by Gasteiger charge is -2.25. The van der Waals surface area contributed by atoms with Crippen LogP contribution in [-0.2, 0) is 10.0 Å². The third kappa shape index (κ3) is 5.68. The molecule has 0 unspecified atom stereocenters. The number of aromatic nitrogens is 3. The lowest BCUT2D eigenvalue weighted by Crippen LogP contribution is -2.45. The van der Waals surface area contributed by atoms with Crippen molar-refractivity contribution in [3.63, 3.8) is 0 Å². The van der Waals surface area contributed by atoms with Crippen molar-refractivity contribution in [3.8, 4) is 0 Å². The Morgan fingerprint density at radius 2 is 1.77 bits per heavy atom. The Labute approximate surface area is 180 Å².